The van der Waals surface area contributed by atoms with Gasteiger partial charge in [0.15, 0.2) is 0 Å². The van der Waals surface area contributed by atoms with Crippen molar-refractivity contribution < 1.29 is 12.8 Å². The molecule has 0 amide bonds. The lowest BCUT2D eigenvalue weighted by molar-refractivity contribution is 0.593. The molecule has 3 nitrogen and oxygen atoms in total. The van der Waals surface area contributed by atoms with Crippen molar-refractivity contribution in [2.24, 2.45) is 5.73 Å². The molecule has 2 N–H and O–H groups in total. The van der Waals surface area contributed by atoms with Crippen LogP contribution in [-0.2, 0) is 9.84 Å². The molecule has 0 radical (unpaired) electrons. The number of aryl methyl sites for hydroxylation is 2. The predicted molar refractivity (Wildman–Crippen MR) is 62.5 cm³/mol. The molecule has 0 fully saturated rings. The number of benzene rings is 1. The maximum atomic E-state index is 13.4. The molecular weight excluding hydrogens is 229 g/mol. The van der Waals surface area contributed by atoms with E-state index in [1.807, 2.05) is 0 Å². The molecule has 1 atom stereocenters. The van der Waals surface area contributed by atoms with Crippen molar-refractivity contribution in [3.8, 4) is 0 Å². The van der Waals surface area contributed by atoms with Crippen molar-refractivity contribution >= 4 is 9.84 Å². The second-order valence-electron chi connectivity index (χ2n) is 4.17. The van der Waals surface area contributed by atoms with Gasteiger partial charge in [-0.05, 0) is 30.5 Å². The number of halogens is 1. The summed E-state index contributed by atoms with van der Waals surface area (Å²) in [6.07, 6.45) is 1.14. The molecular formula is C11H16FNO2S. The zero-order chi connectivity index (χ0) is 12.5. The monoisotopic (exact) mass is 245 g/mol. The SMILES string of the molecule is Cc1cc(C(N)CS(C)(=O)=O)cc(C)c1F. The molecule has 0 aliphatic rings. The van der Waals surface area contributed by atoms with E-state index >= 15 is 0 Å². The van der Waals surface area contributed by atoms with Gasteiger partial charge in [-0.25, -0.2) is 12.8 Å². The Hall–Kier alpha value is -0.940. The van der Waals surface area contributed by atoms with Crippen molar-refractivity contribution in [1.29, 1.82) is 0 Å². The zero-order valence-electron chi connectivity index (χ0n) is 9.62. The summed E-state index contributed by atoms with van der Waals surface area (Å²) in [4.78, 5) is 0. The summed E-state index contributed by atoms with van der Waals surface area (Å²) in [5, 5.41) is 0. The van der Waals surface area contributed by atoms with Crippen LogP contribution in [0.1, 0.15) is 22.7 Å². The van der Waals surface area contributed by atoms with E-state index in [0.29, 0.717) is 16.7 Å². The van der Waals surface area contributed by atoms with Crippen molar-refractivity contribution in [1.82, 2.24) is 0 Å². The maximum absolute atomic E-state index is 13.4. The smallest absolute Gasteiger partial charge is 0.149 e. The Labute approximate surface area is 95.4 Å². The average molecular weight is 245 g/mol. The van der Waals surface area contributed by atoms with Crippen LogP contribution < -0.4 is 5.73 Å². The van der Waals surface area contributed by atoms with Gasteiger partial charge >= 0.3 is 0 Å². The van der Waals surface area contributed by atoms with E-state index in [0.717, 1.165) is 6.26 Å². The van der Waals surface area contributed by atoms with Gasteiger partial charge in [0.05, 0.1) is 5.75 Å². The molecule has 1 rings (SSSR count). The second-order valence-corrected chi connectivity index (χ2v) is 6.35. The highest BCUT2D eigenvalue weighted by atomic mass is 32.2. The molecule has 0 heterocycles. The minimum atomic E-state index is -3.13. The van der Waals surface area contributed by atoms with E-state index in [4.69, 9.17) is 5.73 Å². The van der Waals surface area contributed by atoms with Gasteiger partial charge in [0, 0.05) is 12.3 Å². The predicted octanol–water partition coefficient (Wildman–Crippen LogP) is 1.49. The summed E-state index contributed by atoms with van der Waals surface area (Å²) in [7, 11) is -3.13. The molecule has 0 spiro atoms. The van der Waals surface area contributed by atoms with Crippen molar-refractivity contribution in [3.63, 3.8) is 0 Å². The Morgan fingerprint density at radius 1 is 1.31 bits per heavy atom. The second kappa shape index (κ2) is 4.51. The molecule has 1 unspecified atom stereocenters. The van der Waals surface area contributed by atoms with Crippen molar-refractivity contribution in [2.45, 2.75) is 19.9 Å². The summed E-state index contributed by atoms with van der Waals surface area (Å²) in [6, 6.07) is 2.59. The lowest BCUT2D eigenvalue weighted by Crippen LogP contribution is -2.21. The van der Waals surface area contributed by atoms with E-state index in [9.17, 15) is 12.8 Å². The third kappa shape index (κ3) is 3.28. The minimum absolute atomic E-state index is 0.127. The molecule has 16 heavy (non-hydrogen) atoms. The van der Waals surface area contributed by atoms with Gasteiger partial charge in [-0.3, -0.25) is 0 Å². The molecule has 0 aliphatic heterocycles. The summed E-state index contributed by atoms with van der Waals surface area (Å²) in [6.45, 7) is 3.28. The molecule has 1 aromatic rings. The van der Waals surface area contributed by atoms with Crippen LogP contribution >= 0.6 is 0 Å². The summed E-state index contributed by atoms with van der Waals surface area (Å²) in [5.41, 5.74) is 7.39. The summed E-state index contributed by atoms with van der Waals surface area (Å²) in [5.74, 6) is -0.396. The highest BCUT2D eigenvalue weighted by molar-refractivity contribution is 7.90. The third-order valence-electron chi connectivity index (χ3n) is 2.37. The fraction of sp³-hybridized carbons (Fsp3) is 0.455. The van der Waals surface area contributed by atoms with E-state index in [2.05, 4.69) is 0 Å². The van der Waals surface area contributed by atoms with Gasteiger partial charge in [0.2, 0.25) is 0 Å². The van der Waals surface area contributed by atoms with Crippen LogP contribution in [0.2, 0.25) is 0 Å². The van der Waals surface area contributed by atoms with Crippen LogP contribution in [-0.4, -0.2) is 20.4 Å². The first-order valence-electron chi connectivity index (χ1n) is 4.90. The minimum Gasteiger partial charge on any atom is -0.323 e. The molecule has 0 bridgehead atoms. The van der Waals surface area contributed by atoms with Gasteiger partial charge in [-0.2, -0.15) is 0 Å². The fourth-order valence-electron chi connectivity index (χ4n) is 1.62. The van der Waals surface area contributed by atoms with Gasteiger partial charge in [-0.1, -0.05) is 12.1 Å². The van der Waals surface area contributed by atoms with Gasteiger partial charge in [0.1, 0.15) is 15.7 Å². The zero-order valence-corrected chi connectivity index (χ0v) is 10.4. The van der Waals surface area contributed by atoms with E-state index in [1.165, 1.54) is 0 Å². The average Bonchev–Trinajstić information content (AvgIpc) is 2.10. The Morgan fingerprint density at radius 2 is 1.75 bits per heavy atom. The van der Waals surface area contributed by atoms with Crippen molar-refractivity contribution in [3.05, 3.63) is 34.6 Å². The van der Waals surface area contributed by atoms with Crippen LogP contribution in [0, 0.1) is 19.7 Å². The molecule has 5 heteroatoms. The van der Waals surface area contributed by atoms with E-state index < -0.39 is 15.9 Å². The lowest BCUT2D eigenvalue weighted by Gasteiger charge is -2.13. The van der Waals surface area contributed by atoms with Crippen LogP contribution in [0.25, 0.3) is 0 Å². The van der Waals surface area contributed by atoms with Crippen LogP contribution in [0.3, 0.4) is 0 Å². The molecule has 0 saturated carbocycles. The molecule has 1 aromatic carbocycles. The van der Waals surface area contributed by atoms with Crippen LogP contribution in [0.15, 0.2) is 12.1 Å². The largest absolute Gasteiger partial charge is 0.323 e. The number of nitrogens with two attached hydrogens (primary N) is 1. The molecule has 0 aliphatic carbocycles. The molecule has 0 saturated heterocycles. The molecule has 0 aromatic heterocycles. The van der Waals surface area contributed by atoms with E-state index in [1.54, 1.807) is 26.0 Å². The van der Waals surface area contributed by atoms with Crippen LogP contribution in [0.4, 0.5) is 4.39 Å². The highest BCUT2D eigenvalue weighted by Crippen LogP contribution is 2.19. The Bertz CT molecular complexity index is 474. The van der Waals surface area contributed by atoms with Gasteiger partial charge in [0.25, 0.3) is 0 Å². The quantitative estimate of drug-likeness (QED) is 0.877. The van der Waals surface area contributed by atoms with Gasteiger partial charge < -0.3 is 5.73 Å². The van der Waals surface area contributed by atoms with Gasteiger partial charge in [-0.15, -0.1) is 0 Å². The Morgan fingerprint density at radius 3 is 2.12 bits per heavy atom. The first kappa shape index (κ1) is 13.1. The Balaban J connectivity index is 3.06. The van der Waals surface area contributed by atoms with Crippen molar-refractivity contribution in [2.75, 3.05) is 12.0 Å². The first-order chi connectivity index (χ1) is 7.20. The summed E-state index contributed by atoms with van der Waals surface area (Å²) >= 11 is 0. The topological polar surface area (TPSA) is 60.2 Å². The van der Waals surface area contributed by atoms with Crippen LogP contribution in [0.5, 0.6) is 0 Å². The highest BCUT2D eigenvalue weighted by Gasteiger charge is 2.15. The third-order valence-corrected chi connectivity index (χ3v) is 3.33. The number of rotatable bonds is 3. The Kier molecular flexibility index (Phi) is 3.70. The lowest BCUT2D eigenvalue weighted by atomic mass is 10.0. The normalized spacial score (nSPS) is 13.8. The fourth-order valence-corrected chi connectivity index (χ4v) is 2.46. The summed E-state index contributed by atoms with van der Waals surface area (Å²) < 4.78 is 35.5. The first-order valence-corrected chi connectivity index (χ1v) is 6.96. The standard InChI is InChI=1S/C11H16FNO2S/c1-7-4-9(5-8(2)11(7)12)10(13)6-16(3,14)15/h4-5,10H,6,13H2,1-3H3. The van der Waals surface area contributed by atoms with E-state index in [-0.39, 0.29) is 11.6 Å². The number of hydrogen-bond donors (Lipinski definition) is 1. The maximum Gasteiger partial charge on any atom is 0.149 e. The number of hydrogen-bond acceptors (Lipinski definition) is 3. The number of sulfone groups is 1. The molecule has 90 valence electrons.